The second kappa shape index (κ2) is 6.29. The van der Waals surface area contributed by atoms with E-state index in [1.165, 1.54) is 0 Å². The van der Waals surface area contributed by atoms with Gasteiger partial charge in [-0.25, -0.2) is 0 Å². The third-order valence-corrected chi connectivity index (χ3v) is 2.84. The summed E-state index contributed by atoms with van der Waals surface area (Å²) >= 11 is 5.77. The van der Waals surface area contributed by atoms with E-state index in [9.17, 15) is 0 Å². The molecule has 1 aromatic heterocycles. The first-order valence-corrected chi connectivity index (χ1v) is 6.20. The van der Waals surface area contributed by atoms with Crippen molar-refractivity contribution in [2.24, 2.45) is 0 Å². The number of ether oxygens (including phenoxy) is 3. The average Bonchev–Trinajstić information content (AvgIpc) is 2.47. The summed E-state index contributed by atoms with van der Waals surface area (Å²) in [5.41, 5.74) is 0.882. The van der Waals surface area contributed by atoms with Crippen molar-refractivity contribution >= 4 is 11.6 Å². The maximum atomic E-state index is 5.79. The number of alkyl halides is 1. The molecule has 0 spiro atoms. The fraction of sp³-hybridized carbons (Fsp3) is 0.214. The first-order valence-electron chi connectivity index (χ1n) is 5.67. The van der Waals surface area contributed by atoms with Crippen molar-refractivity contribution in [3.05, 3.63) is 42.2 Å². The predicted molar refractivity (Wildman–Crippen MR) is 73.4 cm³/mol. The number of halogens is 1. The molecule has 0 N–H and O–H groups in total. The molecule has 5 heteroatoms. The Morgan fingerprint density at radius 1 is 1.11 bits per heavy atom. The molecule has 0 amide bonds. The number of pyridine rings is 1. The number of nitrogens with zero attached hydrogens (tertiary/aromatic N) is 1. The minimum absolute atomic E-state index is 0.382. The molecule has 0 bridgehead atoms. The molecule has 0 unspecified atom stereocenters. The van der Waals surface area contributed by atoms with Crippen LogP contribution in [0.5, 0.6) is 23.0 Å². The molecule has 0 aliphatic carbocycles. The first-order chi connectivity index (χ1) is 9.28. The zero-order valence-corrected chi connectivity index (χ0v) is 11.5. The maximum absolute atomic E-state index is 5.79. The van der Waals surface area contributed by atoms with Gasteiger partial charge in [0.15, 0.2) is 11.5 Å². The standard InChI is InChI=1S/C14H14ClNO3/c1-17-12-4-3-5-13(18-2)14(12)19-11-6-10(7-15)8-16-9-11/h3-6,8-9H,7H2,1-2H3. The third kappa shape index (κ3) is 3.09. The summed E-state index contributed by atoms with van der Waals surface area (Å²) in [4.78, 5) is 4.07. The largest absolute Gasteiger partial charge is 0.493 e. The Hall–Kier alpha value is -1.94. The molecule has 0 saturated heterocycles. The molecular formula is C14H14ClNO3. The van der Waals surface area contributed by atoms with Crippen molar-refractivity contribution in [3.63, 3.8) is 0 Å². The summed E-state index contributed by atoms with van der Waals surface area (Å²) in [5.74, 6) is 2.67. The van der Waals surface area contributed by atoms with Gasteiger partial charge in [-0.05, 0) is 23.8 Å². The molecule has 2 aromatic rings. The molecule has 19 heavy (non-hydrogen) atoms. The lowest BCUT2D eigenvalue weighted by Crippen LogP contribution is -1.95. The average molecular weight is 280 g/mol. The van der Waals surface area contributed by atoms with Gasteiger partial charge in [0.2, 0.25) is 5.75 Å². The zero-order chi connectivity index (χ0) is 13.7. The second-order valence-electron chi connectivity index (χ2n) is 3.76. The van der Waals surface area contributed by atoms with E-state index in [1.54, 1.807) is 38.7 Å². The van der Waals surface area contributed by atoms with Crippen LogP contribution < -0.4 is 14.2 Å². The maximum Gasteiger partial charge on any atom is 0.211 e. The van der Waals surface area contributed by atoms with Crippen LogP contribution in [0.25, 0.3) is 0 Å². The highest BCUT2D eigenvalue weighted by Gasteiger charge is 2.12. The van der Waals surface area contributed by atoms with E-state index in [1.807, 2.05) is 12.1 Å². The highest BCUT2D eigenvalue weighted by atomic mass is 35.5. The van der Waals surface area contributed by atoms with Crippen LogP contribution in [0, 0.1) is 0 Å². The smallest absolute Gasteiger partial charge is 0.211 e. The fourth-order valence-corrected chi connectivity index (χ4v) is 1.77. The molecule has 1 heterocycles. The number of benzene rings is 1. The van der Waals surface area contributed by atoms with Crippen molar-refractivity contribution in [3.8, 4) is 23.0 Å². The number of para-hydroxylation sites is 1. The number of aromatic nitrogens is 1. The van der Waals surface area contributed by atoms with E-state index < -0.39 is 0 Å². The van der Waals surface area contributed by atoms with Crippen LogP contribution in [0.15, 0.2) is 36.7 Å². The Kier molecular flexibility index (Phi) is 4.47. The van der Waals surface area contributed by atoms with Crippen LogP contribution in [-0.4, -0.2) is 19.2 Å². The highest BCUT2D eigenvalue weighted by Crippen LogP contribution is 2.39. The van der Waals surface area contributed by atoms with Gasteiger partial charge in [-0.15, -0.1) is 11.6 Å². The summed E-state index contributed by atoms with van der Waals surface area (Å²) in [6.07, 6.45) is 3.31. The number of hydrogen-bond donors (Lipinski definition) is 0. The van der Waals surface area contributed by atoms with Crippen molar-refractivity contribution < 1.29 is 14.2 Å². The Morgan fingerprint density at radius 2 is 1.79 bits per heavy atom. The number of hydrogen-bond acceptors (Lipinski definition) is 4. The SMILES string of the molecule is COc1cccc(OC)c1Oc1cncc(CCl)c1. The van der Waals surface area contributed by atoms with Gasteiger partial charge in [-0.3, -0.25) is 4.98 Å². The van der Waals surface area contributed by atoms with Gasteiger partial charge >= 0.3 is 0 Å². The van der Waals surface area contributed by atoms with Crippen LogP contribution in [-0.2, 0) is 5.88 Å². The molecule has 0 aliphatic heterocycles. The lowest BCUT2D eigenvalue weighted by Gasteiger charge is -2.13. The van der Waals surface area contributed by atoms with Crippen molar-refractivity contribution in [1.82, 2.24) is 4.98 Å². The third-order valence-electron chi connectivity index (χ3n) is 2.53. The van der Waals surface area contributed by atoms with Gasteiger partial charge < -0.3 is 14.2 Å². The minimum atomic E-state index is 0.382. The topological polar surface area (TPSA) is 40.6 Å². The van der Waals surface area contributed by atoms with Crippen LogP contribution in [0.4, 0.5) is 0 Å². The second-order valence-corrected chi connectivity index (χ2v) is 4.02. The monoisotopic (exact) mass is 279 g/mol. The van der Waals surface area contributed by atoms with Gasteiger partial charge in [0, 0.05) is 12.1 Å². The van der Waals surface area contributed by atoms with E-state index in [0.29, 0.717) is 28.9 Å². The summed E-state index contributed by atoms with van der Waals surface area (Å²) in [6.45, 7) is 0. The van der Waals surface area contributed by atoms with E-state index >= 15 is 0 Å². The van der Waals surface area contributed by atoms with E-state index in [0.717, 1.165) is 5.56 Å². The van der Waals surface area contributed by atoms with E-state index in [-0.39, 0.29) is 0 Å². The number of methoxy groups -OCH3 is 2. The quantitative estimate of drug-likeness (QED) is 0.784. The van der Waals surface area contributed by atoms with Gasteiger partial charge in [-0.1, -0.05) is 6.07 Å². The fourth-order valence-electron chi connectivity index (χ4n) is 1.63. The van der Waals surface area contributed by atoms with Gasteiger partial charge in [0.25, 0.3) is 0 Å². The minimum Gasteiger partial charge on any atom is -0.493 e. The lowest BCUT2D eigenvalue weighted by molar-refractivity contribution is 0.346. The van der Waals surface area contributed by atoms with Gasteiger partial charge in [0.05, 0.1) is 20.4 Å². The summed E-state index contributed by atoms with van der Waals surface area (Å²) < 4.78 is 16.3. The van der Waals surface area contributed by atoms with Gasteiger partial charge in [0.1, 0.15) is 5.75 Å². The molecule has 0 saturated carbocycles. The Labute approximate surface area is 116 Å². The van der Waals surface area contributed by atoms with Crippen LogP contribution in [0.3, 0.4) is 0 Å². The van der Waals surface area contributed by atoms with Crippen LogP contribution in [0.2, 0.25) is 0 Å². The van der Waals surface area contributed by atoms with Crippen molar-refractivity contribution in [2.45, 2.75) is 5.88 Å². The van der Waals surface area contributed by atoms with Crippen LogP contribution in [0.1, 0.15) is 5.56 Å². The first kappa shape index (κ1) is 13.5. The Morgan fingerprint density at radius 3 is 2.37 bits per heavy atom. The molecule has 0 radical (unpaired) electrons. The zero-order valence-electron chi connectivity index (χ0n) is 10.7. The molecule has 0 atom stereocenters. The van der Waals surface area contributed by atoms with E-state index in [4.69, 9.17) is 25.8 Å². The molecule has 0 aliphatic rings. The summed E-state index contributed by atoms with van der Waals surface area (Å²) in [7, 11) is 3.16. The normalized spacial score (nSPS) is 10.1. The predicted octanol–water partition coefficient (Wildman–Crippen LogP) is 3.63. The lowest BCUT2D eigenvalue weighted by atomic mass is 10.3. The van der Waals surface area contributed by atoms with Crippen molar-refractivity contribution in [1.29, 1.82) is 0 Å². The van der Waals surface area contributed by atoms with Crippen LogP contribution >= 0.6 is 11.6 Å². The number of rotatable bonds is 5. The highest BCUT2D eigenvalue weighted by molar-refractivity contribution is 6.17. The molecule has 4 nitrogen and oxygen atoms in total. The van der Waals surface area contributed by atoms with E-state index in [2.05, 4.69) is 4.98 Å². The molecule has 1 aromatic carbocycles. The molecule has 0 fully saturated rings. The Bertz CT molecular complexity index is 538. The Balaban J connectivity index is 2.36. The van der Waals surface area contributed by atoms with Gasteiger partial charge in [-0.2, -0.15) is 0 Å². The molecule has 2 rings (SSSR count). The summed E-state index contributed by atoms with van der Waals surface area (Å²) in [5, 5.41) is 0. The van der Waals surface area contributed by atoms with Crippen molar-refractivity contribution in [2.75, 3.05) is 14.2 Å². The summed E-state index contributed by atoms with van der Waals surface area (Å²) in [6, 6.07) is 7.26. The molecular weight excluding hydrogens is 266 g/mol. The molecule has 100 valence electrons.